The molecule has 0 bridgehead atoms. The van der Waals surface area contributed by atoms with Gasteiger partial charge in [0, 0.05) is 52.5 Å². The molecule has 0 aliphatic heterocycles. The molecule has 4 N–H and O–H groups in total. The number of methoxy groups -OCH3 is 2. The Balaban J connectivity index is 0.000000181. The SMILES string of the molecule is COC(=O)c1ccc(-c2ccncc2C(=O)O)c(N)c1.COC(=O)c1ccc2c(c1)[nH]c(=O)c1cnccc12. The molecule has 0 unspecified atom stereocenters. The molecule has 196 valence electrons. The number of aromatic carboxylic acids is 1. The van der Waals surface area contributed by atoms with E-state index in [2.05, 4.69) is 24.4 Å². The van der Waals surface area contributed by atoms with Gasteiger partial charge in [0.05, 0.1) is 36.3 Å². The number of anilines is 1. The maximum Gasteiger partial charge on any atom is 0.337 e. The molecular formula is C28H22N4O7. The monoisotopic (exact) mass is 526 g/mol. The van der Waals surface area contributed by atoms with Crippen molar-refractivity contribution in [2.45, 2.75) is 0 Å². The van der Waals surface area contributed by atoms with E-state index in [4.69, 9.17) is 10.8 Å². The van der Waals surface area contributed by atoms with Crippen LogP contribution in [0.1, 0.15) is 31.1 Å². The summed E-state index contributed by atoms with van der Waals surface area (Å²) in [5.41, 5.74) is 8.29. The quantitative estimate of drug-likeness (QED) is 0.178. The van der Waals surface area contributed by atoms with Crippen molar-refractivity contribution < 1.29 is 29.0 Å². The maximum atomic E-state index is 11.9. The van der Waals surface area contributed by atoms with Crippen LogP contribution in [0.15, 0.2) is 78.1 Å². The molecule has 0 radical (unpaired) electrons. The first-order chi connectivity index (χ1) is 18.7. The first kappa shape index (κ1) is 26.5. The van der Waals surface area contributed by atoms with E-state index < -0.39 is 17.9 Å². The van der Waals surface area contributed by atoms with Gasteiger partial charge >= 0.3 is 17.9 Å². The van der Waals surface area contributed by atoms with Gasteiger partial charge in [-0.2, -0.15) is 0 Å². The number of pyridine rings is 3. The zero-order valence-electron chi connectivity index (χ0n) is 20.8. The van der Waals surface area contributed by atoms with Crippen molar-refractivity contribution in [3.05, 3.63) is 100 Å². The number of hydrogen-bond acceptors (Lipinski definition) is 9. The third-order valence-electron chi connectivity index (χ3n) is 5.86. The van der Waals surface area contributed by atoms with Crippen LogP contribution in [0.2, 0.25) is 0 Å². The number of H-pyrrole nitrogens is 1. The molecule has 11 nitrogen and oxygen atoms in total. The fourth-order valence-corrected chi connectivity index (χ4v) is 3.98. The second-order valence-corrected chi connectivity index (χ2v) is 8.15. The number of esters is 2. The molecule has 5 aromatic rings. The first-order valence-electron chi connectivity index (χ1n) is 11.4. The van der Waals surface area contributed by atoms with E-state index in [-0.39, 0.29) is 11.1 Å². The number of nitrogen functional groups attached to an aromatic ring is 1. The molecule has 0 atom stereocenters. The fourth-order valence-electron chi connectivity index (χ4n) is 3.98. The van der Waals surface area contributed by atoms with Crippen LogP contribution in [0, 0.1) is 0 Å². The van der Waals surface area contributed by atoms with E-state index in [1.807, 2.05) is 0 Å². The van der Waals surface area contributed by atoms with Crippen LogP contribution < -0.4 is 11.3 Å². The summed E-state index contributed by atoms with van der Waals surface area (Å²) >= 11 is 0. The van der Waals surface area contributed by atoms with Crippen LogP contribution in [0.25, 0.3) is 32.8 Å². The molecule has 39 heavy (non-hydrogen) atoms. The minimum Gasteiger partial charge on any atom is -0.478 e. The van der Waals surface area contributed by atoms with E-state index in [0.717, 1.165) is 10.8 Å². The van der Waals surface area contributed by atoms with Gasteiger partial charge in [-0.1, -0.05) is 12.1 Å². The number of carbonyl (C=O) groups excluding carboxylic acids is 2. The Morgan fingerprint density at radius 3 is 2.10 bits per heavy atom. The van der Waals surface area contributed by atoms with Gasteiger partial charge in [0.15, 0.2) is 0 Å². The number of carboxylic acid groups (broad SMARTS) is 1. The van der Waals surface area contributed by atoms with E-state index in [9.17, 15) is 19.2 Å². The predicted molar refractivity (Wildman–Crippen MR) is 144 cm³/mol. The number of ether oxygens (including phenoxy) is 2. The van der Waals surface area contributed by atoms with E-state index >= 15 is 0 Å². The minimum atomic E-state index is -1.09. The number of aromatic nitrogens is 3. The van der Waals surface area contributed by atoms with Gasteiger partial charge in [-0.25, -0.2) is 14.4 Å². The van der Waals surface area contributed by atoms with Gasteiger partial charge in [0.1, 0.15) is 0 Å². The minimum absolute atomic E-state index is 0.0463. The molecule has 0 amide bonds. The Kier molecular flexibility index (Phi) is 7.62. The van der Waals surface area contributed by atoms with Gasteiger partial charge in [-0.05, 0) is 41.8 Å². The molecule has 3 aromatic heterocycles. The number of benzene rings is 2. The number of rotatable bonds is 4. The van der Waals surface area contributed by atoms with Crippen LogP contribution in [0.4, 0.5) is 5.69 Å². The molecular weight excluding hydrogens is 504 g/mol. The Hall–Kier alpha value is -5.58. The lowest BCUT2D eigenvalue weighted by molar-refractivity contribution is 0.0592. The highest BCUT2D eigenvalue weighted by Crippen LogP contribution is 2.29. The number of aromatic amines is 1. The molecule has 0 spiro atoms. The average molecular weight is 527 g/mol. The Morgan fingerprint density at radius 2 is 1.44 bits per heavy atom. The summed E-state index contributed by atoms with van der Waals surface area (Å²) < 4.78 is 9.26. The lowest BCUT2D eigenvalue weighted by Crippen LogP contribution is -2.08. The molecule has 0 saturated heterocycles. The van der Waals surface area contributed by atoms with Crippen molar-refractivity contribution in [3.63, 3.8) is 0 Å². The third-order valence-corrected chi connectivity index (χ3v) is 5.86. The van der Waals surface area contributed by atoms with Crippen molar-refractivity contribution in [1.29, 1.82) is 0 Å². The van der Waals surface area contributed by atoms with Gasteiger partial charge in [-0.15, -0.1) is 0 Å². The van der Waals surface area contributed by atoms with E-state index in [0.29, 0.717) is 38.8 Å². The number of nitrogens with zero attached hydrogens (tertiary/aromatic N) is 2. The van der Waals surface area contributed by atoms with Gasteiger partial charge in [0.25, 0.3) is 5.56 Å². The average Bonchev–Trinajstić information content (AvgIpc) is 2.96. The number of hydrogen-bond donors (Lipinski definition) is 3. The van der Waals surface area contributed by atoms with Gasteiger partial charge in [0.2, 0.25) is 0 Å². The molecule has 3 heterocycles. The second-order valence-electron chi connectivity index (χ2n) is 8.15. The number of fused-ring (bicyclic) bond motifs is 3. The summed E-state index contributed by atoms with van der Waals surface area (Å²) in [5, 5.41) is 11.3. The fraction of sp³-hybridized carbons (Fsp3) is 0.0714. The van der Waals surface area contributed by atoms with Crippen LogP contribution in [0.5, 0.6) is 0 Å². The maximum absolute atomic E-state index is 11.9. The lowest BCUT2D eigenvalue weighted by atomic mass is 9.98. The summed E-state index contributed by atoms with van der Waals surface area (Å²) in [5.74, 6) is -2.03. The van der Waals surface area contributed by atoms with Crippen molar-refractivity contribution in [2.24, 2.45) is 0 Å². The largest absolute Gasteiger partial charge is 0.478 e. The Labute approximate surface area is 220 Å². The summed E-state index contributed by atoms with van der Waals surface area (Å²) in [6, 6.07) is 13.0. The third kappa shape index (κ3) is 5.42. The topological polar surface area (TPSA) is 175 Å². The number of nitrogens with two attached hydrogens (primary N) is 1. The van der Waals surface area contributed by atoms with Crippen molar-refractivity contribution in [3.8, 4) is 11.1 Å². The van der Waals surface area contributed by atoms with E-state index in [1.54, 1.807) is 42.6 Å². The second kappa shape index (κ2) is 11.2. The zero-order chi connectivity index (χ0) is 28.1. The molecule has 0 aliphatic rings. The lowest BCUT2D eigenvalue weighted by Gasteiger charge is -2.10. The summed E-state index contributed by atoms with van der Waals surface area (Å²) in [6.45, 7) is 0. The molecule has 0 aliphatic carbocycles. The summed E-state index contributed by atoms with van der Waals surface area (Å²) in [6.07, 6.45) is 5.90. The Morgan fingerprint density at radius 1 is 0.795 bits per heavy atom. The molecule has 0 saturated carbocycles. The highest BCUT2D eigenvalue weighted by molar-refractivity contribution is 6.06. The molecule has 2 aromatic carbocycles. The highest BCUT2D eigenvalue weighted by Gasteiger charge is 2.15. The summed E-state index contributed by atoms with van der Waals surface area (Å²) in [4.78, 5) is 56.5. The zero-order valence-corrected chi connectivity index (χ0v) is 20.8. The number of nitrogens with one attached hydrogen (secondary N) is 1. The Bertz CT molecular complexity index is 1800. The summed E-state index contributed by atoms with van der Waals surface area (Å²) in [7, 11) is 2.60. The molecule has 0 fully saturated rings. The normalized spacial score (nSPS) is 10.4. The van der Waals surface area contributed by atoms with E-state index in [1.165, 1.54) is 44.9 Å². The van der Waals surface area contributed by atoms with Gasteiger partial charge < -0.3 is 25.3 Å². The van der Waals surface area contributed by atoms with Crippen LogP contribution in [-0.2, 0) is 9.47 Å². The number of carboxylic acids is 1. The molecule has 11 heteroatoms. The van der Waals surface area contributed by atoms with Crippen molar-refractivity contribution in [2.75, 3.05) is 20.0 Å². The van der Waals surface area contributed by atoms with Gasteiger partial charge in [-0.3, -0.25) is 14.8 Å². The smallest absolute Gasteiger partial charge is 0.337 e. The first-order valence-corrected chi connectivity index (χ1v) is 11.4. The molecule has 5 rings (SSSR count). The van der Waals surface area contributed by atoms with Crippen LogP contribution >= 0.6 is 0 Å². The van der Waals surface area contributed by atoms with Crippen LogP contribution in [0.3, 0.4) is 0 Å². The van der Waals surface area contributed by atoms with Crippen molar-refractivity contribution in [1.82, 2.24) is 15.0 Å². The van der Waals surface area contributed by atoms with Crippen LogP contribution in [-0.4, -0.2) is 52.2 Å². The number of carbonyl (C=O) groups is 3. The highest BCUT2D eigenvalue weighted by atomic mass is 16.5. The standard InChI is InChI=1S/C14H12N2O4.C14H10N2O3/c1-20-14(19)8-2-3-10(12(15)6-8)9-4-5-16-7-11(9)13(17)18;1-19-14(18)8-2-3-10-9-4-5-15-7-11(9)13(17)16-12(10)6-8/h2-7H,15H2,1H3,(H,17,18);2-7H,1H3,(H,16,17). The van der Waals surface area contributed by atoms with Crippen molar-refractivity contribution >= 4 is 45.3 Å². The predicted octanol–water partition coefficient (Wildman–Crippen LogP) is 3.68.